The lowest BCUT2D eigenvalue weighted by Crippen LogP contribution is -2.34. The number of amides is 1. The molecule has 0 aliphatic heterocycles. The minimum atomic E-state index is -0.501. The minimum Gasteiger partial charge on any atom is -0.330 e. The van der Waals surface area contributed by atoms with Crippen molar-refractivity contribution < 1.29 is 13.6 Å². The Labute approximate surface area is 119 Å². The number of anilines is 1. The zero-order valence-corrected chi connectivity index (χ0v) is 11.0. The van der Waals surface area contributed by atoms with Crippen LogP contribution in [0.4, 0.5) is 14.5 Å². The van der Waals surface area contributed by atoms with E-state index < -0.39 is 17.5 Å². The van der Waals surface area contributed by atoms with Crippen LogP contribution in [0.25, 0.3) is 0 Å². The molecular formula is C14H10F2N2OS. The molecule has 20 heavy (non-hydrogen) atoms. The van der Waals surface area contributed by atoms with Crippen LogP contribution in [0.3, 0.4) is 0 Å². The number of halogens is 2. The Bertz CT molecular complexity index is 644. The van der Waals surface area contributed by atoms with E-state index >= 15 is 0 Å². The third kappa shape index (κ3) is 3.58. The summed E-state index contributed by atoms with van der Waals surface area (Å²) < 4.78 is 26.1. The quantitative estimate of drug-likeness (QED) is 0.836. The largest absolute Gasteiger partial charge is 0.330 e. The molecule has 0 heterocycles. The molecule has 2 rings (SSSR count). The van der Waals surface area contributed by atoms with Gasteiger partial charge in [0, 0.05) is 5.56 Å². The maximum absolute atomic E-state index is 13.4. The van der Waals surface area contributed by atoms with Crippen LogP contribution in [-0.2, 0) is 0 Å². The second kappa shape index (κ2) is 6.21. The Morgan fingerprint density at radius 3 is 2.30 bits per heavy atom. The molecule has 2 aromatic rings. The second-order valence-corrected chi connectivity index (χ2v) is 4.30. The standard InChI is InChI=1S/C14H10F2N2OS/c15-10-7-5-9(6-8-10)13(19)18-14(20)17-12-4-2-1-3-11(12)16/h1-8H,(H2,17,18,19,20). The molecule has 0 fully saturated rings. The highest BCUT2D eigenvalue weighted by Gasteiger charge is 2.09. The lowest BCUT2D eigenvalue weighted by atomic mass is 10.2. The number of hydrogen-bond acceptors (Lipinski definition) is 2. The first kappa shape index (κ1) is 14.1. The van der Waals surface area contributed by atoms with Crippen LogP contribution in [0.15, 0.2) is 48.5 Å². The first-order valence-corrected chi connectivity index (χ1v) is 6.09. The highest BCUT2D eigenvalue weighted by molar-refractivity contribution is 7.80. The topological polar surface area (TPSA) is 41.1 Å². The Hall–Kier alpha value is -2.34. The number of carbonyl (C=O) groups is 1. The van der Waals surface area contributed by atoms with Crippen molar-refractivity contribution in [2.24, 2.45) is 0 Å². The maximum atomic E-state index is 13.4. The van der Waals surface area contributed by atoms with Gasteiger partial charge in [-0.05, 0) is 48.6 Å². The van der Waals surface area contributed by atoms with Crippen LogP contribution < -0.4 is 10.6 Å². The number of rotatable bonds is 2. The van der Waals surface area contributed by atoms with E-state index in [9.17, 15) is 13.6 Å². The molecule has 0 atom stereocenters. The van der Waals surface area contributed by atoms with Crippen molar-refractivity contribution in [1.82, 2.24) is 5.32 Å². The molecule has 0 saturated carbocycles. The average molecular weight is 292 g/mol. The molecule has 0 aromatic heterocycles. The van der Waals surface area contributed by atoms with Crippen molar-refractivity contribution in [2.75, 3.05) is 5.32 Å². The van der Waals surface area contributed by atoms with E-state index in [-0.39, 0.29) is 16.4 Å². The second-order valence-electron chi connectivity index (χ2n) is 3.89. The van der Waals surface area contributed by atoms with E-state index in [1.807, 2.05) is 0 Å². The predicted molar refractivity (Wildman–Crippen MR) is 76.5 cm³/mol. The molecule has 0 aliphatic carbocycles. The third-order valence-electron chi connectivity index (χ3n) is 2.46. The van der Waals surface area contributed by atoms with E-state index in [2.05, 4.69) is 10.6 Å². The van der Waals surface area contributed by atoms with Gasteiger partial charge in [0.1, 0.15) is 11.6 Å². The van der Waals surface area contributed by atoms with Crippen molar-refractivity contribution in [1.29, 1.82) is 0 Å². The highest BCUT2D eigenvalue weighted by Crippen LogP contribution is 2.12. The van der Waals surface area contributed by atoms with Gasteiger partial charge >= 0.3 is 0 Å². The Kier molecular flexibility index (Phi) is 4.37. The minimum absolute atomic E-state index is 0.0376. The maximum Gasteiger partial charge on any atom is 0.257 e. The van der Waals surface area contributed by atoms with Gasteiger partial charge in [-0.2, -0.15) is 0 Å². The van der Waals surface area contributed by atoms with Gasteiger partial charge in [0.05, 0.1) is 5.69 Å². The molecule has 0 spiro atoms. The number of hydrogen-bond donors (Lipinski definition) is 2. The van der Waals surface area contributed by atoms with Crippen LogP contribution in [0.1, 0.15) is 10.4 Å². The predicted octanol–water partition coefficient (Wildman–Crippen LogP) is 3.09. The van der Waals surface area contributed by atoms with Crippen LogP contribution in [0.5, 0.6) is 0 Å². The van der Waals surface area contributed by atoms with E-state index in [0.29, 0.717) is 0 Å². The summed E-state index contributed by atoms with van der Waals surface area (Å²) in [5, 5.41) is 4.92. The first-order valence-electron chi connectivity index (χ1n) is 5.68. The van der Waals surface area contributed by atoms with E-state index in [0.717, 1.165) is 0 Å². The number of nitrogens with one attached hydrogen (secondary N) is 2. The molecule has 0 radical (unpaired) electrons. The van der Waals surface area contributed by atoms with Crippen molar-refractivity contribution in [3.63, 3.8) is 0 Å². The average Bonchev–Trinajstić information content (AvgIpc) is 2.42. The molecule has 2 aromatic carbocycles. The molecule has 6 heteroatoms. The monoisotopic (exact) mass is 292 g/mol. The van der Waals surface area contributed by atoms with Gasteiger partial charge in [-0.25, -0.2) is 8.78 Å². The van der Waals surface area contributed by atoms with Crippen molar-refractivity contribution in [3.05, 3.63) is 65.7 Å². The Morgan fingerprint density at radius 2 is 1.65 bits per heavy atom. The summed E-state index contributed by atoms with van der Waals surface area (Å²) in [5.74, 6) is -1.42. The van der Waals surface area contributed by atoms with Gasteiger partial charge in [0.25, 0.3) is 5.91 Å². The van der Waals surface area contributed by atoms with E-state index in [4.69, 9.17) is 12.2 Å². The summed E-state index contributed by atoms with van der Waals surface area (Å²) in [4.78, 5) is 11.8. The molecule has 0 bridgehead atoms. The van der Waals surface area contributed by atoms with Gasteiger partial charge in [-0.1, -0.05) is 12.1 Å². The molecule has 3 nitrogen and oxygen atoms in total. The number of thiocarbonyl (C=S) groups is 1. The summed E-state index contributed by atoms with van der Waals surface area (Å²) in [6.45, 7) is 0. The highest BCUT2D eigenvalue weighted by atomic mass is 32.1. The molecule has 0 aliphatic rings. The molecule has 0 saturated heterocycles. The normalized spacial score (nSPS) is 9.90. The summed E-state index contributed by atoms with van der Waals surface area (Å²) in [6, 6.07) is 10.9. The van der Waals surface area contributed by atoms with Crippen LogP contribution in [0, 0.1) is 11.6 Å². The van der Waals surface area contributed by atoms with Gasteiger partial charge in [0.2, 0.25) is 0 Å². The zero-order valence-electron chi connectivity index (χ0n) is 10.2. The fourth-order valence-corrected chi connectivity index (χ4v) is 1.70. The molecule has 102 valence electrons. The molecule has 0 unspecified atom stereocenters. The van der Waals surface area contributed by atoms with Crippen molar-refractivity contribution >= 4 is 28.9 Å². The van der Waals surface area contributed by atoms with Gasteiger partial charge in [0.15, 0.2) is 5.11 Å². The van der Waals surface area contributed by atoms with Gasteiger partial charge < -0.3 is 5.32 Å². The van der Waals surface area contributed by atoms with Crippen molar-refractivity contribution in [2.45, 2.75) is 0 Å². The molecular weight excluding hydrogens is 282 g/mol. The van der Waals surface area contributed by atoms with Crippen LogP contribution in [-0.4, -0.2) is 11.0 Å². The van der Waals surface area contributed by atoms with E-state index in [1.165, 1.54) is 36.4 Å². The fraction of sp³-hybridized carbons (Fsp3) is 0. The number of carbonyl (C=O) groups excluding carboxylic acids is 1. The fourth-order valence-electron chi connectivity index (χ4n) is 1.49. The SMILES string of the molecule is O=C(NC(=S)Nc1ccccc1F)c1ccc(F)cc1. The Morgan fingerprint density at radius 1 is 1.00 bits per heavy atom. The first-order chi connectivity index (χ1) is 9.56. The summed E-state index contributed by atoms with van der Waals surface area (Å²) in [6.07, 6.45) is 0. The number of benzene rings is 2. The lowest BCUT2D eigenvalue weighted by molar-refractivity contribution is 0.0977. The van der Waals surface area contributed by atoms with E-state index in [1.54, 1.807) is 12.1 Å². The summed E-state index contributed by atoms with van der Waals surface area (Å²) >= 11 is 4.91. The third-order valence-corrected chi connectivity index (χ3v) is 2.66. The summed E-state index contributed by atoms with van der Waals surface area (Å²) in [7, 11) is 0. The smallest absolute Gasteiger partial charge is 0.257 e. The lowest BCUT2D eigenvalue weighted by Gasteiger charge is -2.10. The van der Waals surface area contributed by atoms with Gasteiger partial charge in [-0.15, -0.1) is 0 Å². The van der Waals surface area contributed by atoms with Gasteiger partial charge in [-0.3, -0.25) is 10.1 Å². The van der Waals surface area contributed by atoms with Crippen molar-refractivity contribution in [3.8, 4) is 0 Å². The molecule has 1 amide bonds. The number of para-hydroxylation sites is 1. The van der Waals surface area contributed by atoms with Crippen LogP contribution in [0.2, 0.25) is 0 Å². The Balaban J connectivity index is 2.00. The zero-order chi connectivity index (χ0) is 14.5. The summed E-state index contributed by atoms with van der Waals surface area (Å²) in [5.41, 5.74) is 0.418. The van der Waals surface area contributed by atoms with Crippen LogP contribution >= 0.6 is 12.2 Å². The molecule has 2 N–H and O–H groups in total.